The molecule has 1 aromatic carbocycles. The van der Waals surface area contributed by atoms with E-state index in [0.29, 0.717) is 10.8 Å². The lowest BCUT2D eigenvalue weighted by molar-refractivity contribution is 0.425. The molecule has 0 spiro atoms. The first-order chi connectivity index (χ1) is 6.25. The van der Waals surface area contributed by atoms with Gasteiger partial charge in [-0.15, -0.1) is 0 Å². The number of alkyl halides is 1. The Hall–Kier alpha value is -0.315. The molecule has 2 nitrogen and oxygen atoms in total. The molecule has 0 radical (unpaired) electrons. The summed E-state index contributed by atoms with van der Waals surface area (Å²) in [6, 6.07) is 7.19. The topological polar surface area (TPSA) is 40.5 Å². The van der Waals surface area contributed by atoms with Gasteiger partial charge in [0.25, 0.3) is 0 Å². The van der Waals surface area contributed by atoms with Crippen molar-refractivity contribution in [3.63, 3.8) is 0 Å². The quantitative estimate of drug-likeness (QED) is 0.608. The van der Waals surface area contributed by atoms with E-state index >= 15 is 0 Å². The van der Waals surface area contributed by atoms with Crippen LogP contribution in [0.5, 0.6) is 0 Å². The first kappa shape index (κ1) is 12.7. The van der Waals surface area contributed by atoms with Gasteiger partial charge in [0.15, 0.2) is 0 Å². The number of benzene rings is 1. The van der Waals surface area contributed by atoms with Gasteiger partial charge in [0, 0.05) is 5.33 Å². The summed E-state index contributed by atoms with van der Waals surface area (Å²) in [6.07, 6.45) is 0. The highest BCUT2D eigenvalue weighted by Crippen LogP contribution is 2.01. The molecule has 0 bridgehead atoms. The molecule has 0 aromatic heterocycles. The highest BCUT2D eigenvalue weighted by atomic mass is 79.9. The van der Waals surface area contributed by atoms with Gasteiger partial charge in [-0.2, -0.15) is 0 Å². The normalized spacial score (nSPS) is 8.69. The van der Waals surface area contributed by atoms with E-state index < -0.39 is 7.12 Å². The number of halogens is 1. The van der Waals surface area contributed by atoms with Crippen LogP contribution in [-0.2, 0) is 5.33 Å². The van der Waals surface area contributed by atoms with Crippen LogP contribution < -0.4 is 5.46 Å². The summed E-state index contributed by atoms with van der Waals surface area (Å²) in [7, 11) is -1.37. The molecule has 0 unspecified atom stereocenters. The minimum Gasteiger partial charge on any atom is -0.423 e. The number of hydrogen-bond acceptors (Lipinski definition) is 2. The predicted octanol–water partition coefficient (Wildman–Crippen LogP) is 1.29. The Kier molecular flexibility index (Phi) is 6.95. The molecule has 0 aliphatic carbocycles. The van der Waals surface area contributed by atoms with Crippen LogP contribution in [-0.4, -0.2) is 17.2 Å². The van der Waals surface area contributed by atoms with Gasteiger partial charge in [-0.1, -0.05) is 54.0 Å². The van der Waals surface area contributed by atoms with Gasteiger partial charge in [0.2, 0.25) is 0 Å². The summed E-state index contributed by atoms with van der Waals surface area (Å²) in [5.41, 5.74) is 1.46. The minimum absolute atomic E-state index is 0.560. The average molecular weight is 245 g/mol. The lowest BCUT2D eigenvalue weighted by atomic mass is 9.77. The van der Waals surface area contributed by atoms with Crippen LogP contribution in [0.25, 0.3) is 0 Å². The second-order valence-electron chi connectivity index (χ2n) is 2.21. The Morgan fingerprint density at radius 2 is 1.77 bits per heavy atom. The lowest BCUT2D eigenvalue weighted by Gasteiger charge is -2.03. The zero-order valence-corrected chi connectivity index (χ0v) is 9.45. The number of hydrogen-bond donors (Lipinski definition) is 2. The van der Waals surface area contributed by atoms with E-state index in [1.54, 1.807) is 12.1 Å². The van der Waals surface area contributed by atoms with Crippen LogP contribution >= 0.6 is 15.9 Å². The molecule has 13 heavy (non-hydrogen) atoms. The molecule has 0 saturated heterocycles. The summed E-state index contributed by atoms with van der Waals surface area (Å²) in [6.45, 7) is 4.00. The van der Waals surface area contributed by atoms with E-state index in [-0.39, 0.29) is 0 Å². The average Bonchev–Trinajstić information content (AvgIpc) is 2.20. The van der Waals surface area contributed by atoms with Gasteiger partial charge in [-0.25, -0.2) is 0 Å². The van der Waals surface area contributed by atoms with E-state index in [2.05, 4.69) is 15.9 Å². The van der Waals surface area contributed by atoms with E-state index in [4.69, 9.17) is 10.0 Å². The maximum Gasteiger partial charge on any atom is 0.488 e. The predicted molar refractivity (Wildman–Crippen MR) is 60.2 cm³/mol. The van der Waals surface area contributed by atoms with Crippen molar-refractivity contribution in [2.45, 2.75) is 19.2 Å². The maximum atomic E-state index is 8.87. The van der Waals surface area contributed by atoms with E-state index in [1.165, 1.54) is 0 Å². The largest absolute Gasteiger partial charge is 0.488 e. The Morgan fingerprint density at radius 3 is 2.15 bits per heavy atom. The molecule has 0 fully saturated rings. The molecule has 4 heteroatoms. The molecule has 1 rings (SSSR count). The third-order valence-corrected chi connectivity index (χ3v) is 2.08. The first-order valence-corrected chi connectivity index (χ1v) is 5.37. The van der Waals surface area contributed by atoms with Crippen molar-refractivity contribution in [1.82, 2.24) is 0 Å². The lowest BCUT2D eigenvalue weighted by Crippen LogP contribution is -2.32. The summed E-state index contributed by atoms with van der Waals surface area (Å²) in [5.74, 6) is 0. The molecule has 0 aliphatic rings. The summed E-state index contributed by atoms with van der Waals surface area (Å²) < 4.78 is 0. The molecule has 1 aromatic rings. The van der Waals surface area contributed by atoms with Gasteiger partial charge >= 0.3 is 7.12 Å². The van der Waals surface area contributed by atoms with E-state index in [9.17, 15) is 0 Å². The van der Waals surface area contributed by atoms with Gasteiger partial charge in [0.05, 0.1) is 0 Å². The Bertz CT molecular complexity index is 241. The van der Waals surface area contributed by atoms with Crippen molar-refractivity contribution < 1.29 is 10.0 Å². The Morgan fingerprint density at radius 1 is 1.23 bits per heavy atom. The highest BCUT2D eigenvalue weighted by Gasteiger charge is 2.13. The molecular weight excluding hydrogens is 231 g/mol. The molecule has 72 valence electrons. The summed E-state index contributed by atoms with van der Waals surface area (Å²) in [4.78, 5) is 0. The highest BCUT2D eigenvalue weighted by molar-refractivity contribution is 9.08. The minimum atomic E-state index is -1.37. The zero-order valence-electron chi connectivity index (χ0n) is 7.87. The molecule has 0 heterocycles. The van der Waals surface area contributed by atoms with Crippen LogP contribution in [0.3, 0.4) is 0 Å². The third-order valence-electron chi connectivity index (χ3n) is 1.48. The van der Waals surface area contributed by atoms with Crippen LogP contribution in [0.1, 0.15) is 19.4 Å². The smallest absolute Gasteiger partial charge is 0.423 e. The fourth-order valence-electron chi connectivity index (χ4n) is 0.908. The second kappa shape index (κ2) is 7.12. The van der Waals surface area contributed by atoms with Gasteiger partial charge in [-0.3, -0.25) is 0 Å². The molecule has 0 amide bonds. The summed E-state index contributed by atoms with van der Waals surface area (Å²) >= 11 is 3.25. The fraction of sp³-hybridized carbons (Fsp3) is 0.333. The second-order valence-corrected chi connectivity index (χ2v) is 2.77. The summed E-state index contributed by atoms with van der Waals surface area (Å²) in [5, 5.41) is 18.4. The Labute approximate surface area is 87.9 Å². The van der Waals surface area contributed by atoms with Crippen LogP contribution in [0.15, 0.2) is 24.3 Å². The number of rotatable bonds is 2. The molecule has 0 aliphatic heterocycles. The van der Waals surface area contributed by atoms with Crippen molar-refractivity contribution in [2.75, 3.05) is 0 Å². The molecular formula is C9H14BBrO2. The molecule has 2 N–H and O–H groups in total. The van der Waals surface area contributed by atoms with Gasteiger partial charge < -0.3 is 10.0 Å². The third kappa shape index (κ3) is 3.94. The van der Waals surface area contributed by atoms with E-state index in [1.807, 2.05) is 26.0 Å². The van der Waals surface area contributed by atoms with Crippen molar-refractivity contribution in [3.8, 4) is 0 Å². The van der Waals surface area contributed by atoms with Crippen molar-refractivity contribution in [3.05, 3.63) is 29.8 Å². The van der Waals surface area contributed by atoms with Crippen molar-refractivity contribution >= 4 is 28.5 Å². The zero-order chi connectivity index (χ0) is 10.3. The monoisotopic (exact) mass is 244 g/mol. The van der Waals surface area contributed by atoms with Gasteiger partial charge in [0.1, 0.15) is 0 Å². The van der Waals surface area contributed by atoms with Crippen molar-refractivity contribution in [2.24, 2.45) is 0 Å². The molecule has 0 saturated carbocycles. The van der Waals surface area contributed by atoms with Crippen molar-refractivity contribution in [1.29, 1.82) is 0 Å². The fourth-order valence-corrected chi connectivity index (χ4v) is 1.42. The van der Waals surface area contributed by atoms with Gasteiger partial charge in [-0.05, 0) is 11.0 Å². The van der Waals surface area contributed by atoms with Crippen LogP contribution in [0, 0.1) is 0 Å². The Balaban J connectivity index is 0.000000671. The SMILES string of the molecule is CC.OB(O)c1ccccc1CBr. The standard InChI is InChI=1S/C7H8BBrO2.C2H6/c9-5-6-3-1-2-4-7(6)8(10)11;1-2/h1-4,10-11H,5H2;1-2H3. The molecule has 0 atom stereocenters. The van der Waals surface area contributed by atoms with Crippen LogP contribution in [0.4, 0.5) is 0 Å². The maximum absolute atomic E-state index is 8.87. The first-order valence-electron chi connectivity index (χ1n) is 4.25. The van der Waals surface area contributed by atoms with Crippen LogP contribution in [0.2, 0.25) is 0 Å². The van der Waals surface area contributed by atoms with E-state index in [0.717, 1.165) is 5.56 Å².